The van der Waals surface area contributed by atoms with Crippen molar-refractivity contribution in [1.82, 2.24) is 9.36 Å². The van der Waals surface area contributed by atoms with Gasteiger partial charge in [-0.3, -0.25) is 19.6 Å². The van der Waals surface area contributed by atoms with E-state index in [1.165, 1.54) is 36.1 Å². The predicted octanol–water partition coefficient (Wildman–Crippen LogP) is 5.16. The first kappa shape index (κ1) is 22.4. The molecule has 0 spiro atoms. The third-order valence-corrected chi connectivity index (χ3v) is 5.62. The maximum atomic E-state index is 13.2. The number of hydrogen-bond donors (Lipinski definition) is 1. The van der Waals surface area contributed by atoms with Gasteiger partial charge in [0, 0.05) is 12.1 Å². The zero-order valence-electron chi connectivity index (χ0n) is 17.1. The van der Waals surface area contributed by atoms with Gasteiger partial charge in [-0.2, -0.15) is 4.68 Å². The van der Waals surface area contributed by atoms with Crippen molar-refractivity contribution in [2.45, 2.75) is 6.54 Å². The van der Waals surface area contributed by atoms with Gasteiger partial charge in [-0.15, -0.1) is 0 Å². The molecule has 1 aromatic heterocycles. The number of non-ortho nitro benzene ring substituents is 1. The van der Waals surface area contributed by atoms with Gasteiger partial charge in [0.25, 0.3) is 11.2 Å². The van der Waals surface area contributed by atoms with Crippen molar-refractivity contribution in [1.29, 1.82) is 0 Å². The number of carbonyl (C=O) groups excluding carboxylic acids is 1. The molecule has 1 N–H and O–H groups in total. The van der Waals surface area contributed by atoms with Gasteiger partial charge in [0.1, 0.15) is 5.75 Å². The van der Waals surface area contributed by atoms with E-state index in [9.17, 15) is 19.7 Å². The Kier molecular flexibility index (Phi) is 6.08. The van der Waals surface area contributed by atoms with E-state index >= 15 is 0 Å². The summed E-state index contributed by atoms with van der Waals surface area (Å²) < 4.78 is 7.54. The Morgan fingerprint density at radius 1 is 1.09 bits per heavy atom. The van der Waals surface area contributed by atoms with Crippen molar-refractivity contribution >= 4 is 51.5 Å². The van der Waals surface area contributed by atoms with Crippen LogP contribution in [0, 0.1) is 10.1 Å². The van der Waals surface area contributed by atoms with E-state index in [2.05, 4.69) is 5.32 Å². The zero-order valence-corrected chi connectivity index (χ0v) is 18.6. The number of hydrogen-bond acceptors (Lipinski definition) is 5. The first-order chi connectivity index (χ1) is 15.8. The molecular weight excluding hydrogens is 471 g/mol. The predicted molar refractivity (Wildman–Crippen MR) is 126 cm³/mol. The van der Waals surface area contributed by atoms with Crippen molar-refractivity contribution in [3.05, 3.63) is 96.7 Å². The first-order valence-corrected chi connectivity index (χ1v) is 10.3. The maximum absolute atomic E-state index is 13.2. The minimum Gasteiger partial charge on any atom is -0.497 e. The molecule has 9 nitrogen and oxygen atoms in total. The van der Waals surface area contributed by atoms with E-state index < -0.39 is 16.5 Å². The van der Waals surface area contributed by atoms with Crippen molar-refractivity contribution in [2.24, 2.45) is 0 Å². The molecule has 0 bridgehead atoms. The number of aromatic nitrogens is 2. The highest BCUT2D eigenvalue weighted by Crippen LogP contribution is 2.30. The molecule has 0 saturated carbocycles. The first-order valence-electron chi connectivity index (χ1n) is 9.58. The molecule has 1 amide bonds. The highest BCUT2D eigenvalue weighted by Gasteiger charge is 2.21. The number of ether oxygens (including phenoxy) is 1. The van der Waals surface area contributed by atoms with Crippen LogP contribution >= 0.6 is 23.2 Å². The number of halogens is 2. The number of amides is 1. The van der Waals surface area contributed by atoms with Crippen LogP contribution in [0.5, 0.6) is 5.75 Å². The SMILES string of the molecule is COc1ccc2c(c1)c(=O)n(C(=O)Nc1c(Cl)cccc1Cl)n2Cc1cccc([N+](=O)[O-])c1. The topological polar surface area (TPSA) is 108 Å². The summed E-state index contributed by atoms with van der Waals surface area (Å²) in [6, 6.07) is 14.7. The summed E-state index contributed by atoms with van der Waals surface area (Å²) in [6.45, 7) is 0.0103. The van der Waals surface area contributed by atoms with Crippen LogP contribution in [0.25, 0.3) is 10.9 Å². The van der Waals surface area contributed by atoms with Crippen LogP contribution in [0.3, 0.4) is 0 Å². The molecule has 168 valence electrons. The monoisotopic (exact) mass is 486 g/mol. The van der Waals surface area contributed by atoms with Crippen LogP contribution in [-0.4, -0.2) is 27.4 Å². The molecule has 0 radical (unpaired) electrons. The largest absolute Gasteiger partial charge is 0.497 e. The van der Waals surface area contributed by atoms with Gasteiger partial charge in [0.05, 0.1) is 45.2 Å². The van der Waals surface area contributed by atoms with Gasteiger partial charge in [-0.05, 0) is 35.9 Å². The fourth-order valence-electron chi connectivity index (χ4n) is 3.45. The van der Waals surface area contributed by atoms with Gasteiger partial charge in [0.2, 0.25) is 0 Å². The fraction of sp³-hybridized carbons (Fsp3) is 0.0909. The van der Waals surface area contributed by atoms with Gasteiger partial charge < -0.3 is 10.1 Å². The highest BCUT2D eigenvalue weighted by atomic mass is 35.5. The van der Waals surface area contributed by atoms with Gasteiger partial charge in [0.15, 0.2) is 0 Å². The van der Waals surface area contributed by atoms with E-state index in [1.807, 2.05) is 0 Å². The number of nitro benzene ring substituents is 1. The number of fused-ring (bicyclic) bond motifs is 1. The molecule has 0 aliphatic heterocycles. The summed E-state index contributed by atoms with van der Waals surface area (Å²) in [4.78, 5) is 37.1. The van der Waals surface area contributed by atoms with E-state index in [0.29, 0.717) is 16.8 Å². The average Bonchev–Trinajstić information content (AvgIpc) is 3.07. The summed E-state index contributed by atoms with van der Waals surface area (Å²) in [5.41, 5.74) is 0.409. The van der Waals surface area contributed by atoms with Gasteiger partial charge in [-0.1, -0.05) is 41.4 Å². The smallest absolute Gasteiger partial charge is 0.348 e. The standard InChI is InChI=1S/C22H16Cl2N4O5/c1-33-15-8-9-19-16(11-15)21(29)27(22(30)25-20-17(23)6-3-7-18(20)24)26(19)12-13-4-2-5-14(10-13)28(31)32/h2-11H,12H2,1H3,(H,25,30). The maximum Gasteiger partial charge on any atom is 0.348 e. The molecule has 4 aromatic rings. The Bertz CT molecular complexity index is 1440. The lowest BCUT2D eigenvalue weighted by Crippen LogP contribution is -2.34. The molecule has 1 heterocycles. The van der Waals surface area contributed by atoms with Crippen LogP contribution in [0.2, 0.25) is 10.0 Å². The van der Waals surface area contributed by atoms with Crippen molar-refractivity contribution in [3.63, 3.8) is 0 Å². The molecule has 0 fully saturated rings. The second-order valence-corrected chi connectivity index (χ2v) is 7.83. The van der Waals surface area contributed by atoms with Gasteiger partial charge in [-0.25, -0.2) is 4.79 Å². The Morgan fingerprint density at radius 3 is 2.45 bits per heavy atom. The number of nitro groups is 1. The van der Waals surface area contributed by atoms with Crippen molar-refractivity contribution < 1.29 is 14.5 Å². The van der Waals surface area contributed by atoms with Crippen LogP contribution in [-0.2, 0) is 6.54 Å². The van der Waals surface area contributed by atoms with Crippen LogP contribution in [0.1, 0.15) is 5.56 Å². The molecular formula is C22H16Cl2N4O5. The number of nitrogens with one attached hydrogen (secondary N) is 1. The van der Waals surface area contributed by atoms with E-state index in [-0.39, 0.29) is 33.4 Å². The molecule has 0 atom stereocenters. The minimum absolute atomic E-state index is 0.0103. The Hall–Kier alpha value is -3.82. The van der Waals surface area contributed by atoms with E-state index in [0.717, 1.165) is 4.68 Å². The lowest BCUT2D eigenvalue weighted by molar-refractivity contribution is -0.384. The highest BCUT2D eigenvalue weighted by molar-refractivity contribution is 6.39. The molecule has 0 aliphatic carbocycles. The van der Waals surface area contributed by atoms with Crippen molar-refractivity contribution in [3.8, 4) is 5.75 Å². The molecule has 0 saturated heterocycles. The zero-order chi connectivity index (χ0) is 23.7. The average molecular weight is 487 g/mol. The van der Waals surface area contributed by atoms with Crippen LogP contribution in [0.4, 0.5) is 16.2 Å². The summed E-state index contributed by atoms with van der Waals surface area (Å²) in [5.74, 6) is 0.439. The molecule has 33 heavy (non-hydrogen) atoms. The quantitative estimate of drug-likeness (QED) is 0.309. The Morgan fingerprint density at radius 2 is 1.79 bits per heavy atom. The number of para-hydroxylation sites is 1. The van der Waals surface area contributed by atoms with E-state index in [1.54, 1.807) is 36.4 Å². The summed E-state index contributed by atoms with van der Waals surface area (Å²) in [5, 5.41) is 14.4. The third kappa shape index (κ3) is 4.28. The molecule has 3 aromatic carbocycles. The lowest BCUT2D eigenvalue weighted by Gasteiger charge is -2.14. The Labute approximate surface area is 196 Å². The van der Waals surface area contributed by atoms with Crippen LogP contribution in [0.15, 0.2) is 65.5 Å². The second-order valence-electron chi connectivity index (χ2n) is 7.01. The number of benzene rings is 3. The minimum atomic E-state index is -0.796. The number of carbonyl (C=O) groups is 1. The molecule has 11 heteroatoms. The number of anilines is 1. The normalized spacial score (nSPS) is 10.9. The van der Waals surface area contributed by atoms with Crippen molar-refractivity contribution in [2.75, 3.05) is 12.4 Å². The fourth-order valence-corrected chi connectivity index (χ4v) is 3.94. The lowest BCUT2D eigenvalue weighted by atomic mass is 10.2. The number of methoxy groups -OCH3 is 1. The van der Waals surface area contributed by atoms with Crippen LogP contribution < -0.4 is 15.6 Å². The number of rotatable bonds is 5. The Balaban J connectivity index is 1.86. The summed E-state index contributed by atoms with van der Waals surface area (Å²) in [7, 11) is 1.46. The molecule has 4 rings (SSSR count). The molecule has 0 aliphatic rings. The van der Waals surface area contributed by atoms with E-state index in [4.69, 9.17) is 27.9 Å². The number of nitrogens with zero attached hydrogens (tertiary/aromatic N) is 3. The molecule has 0 unspecified atom stereocenters. The third-order valence-electron chi connectivity index (χ3n) is 4.99. The summed E-state index contributed by atoms with van der Waals surface area (Å²) >= 11 is 12.3. The second kappa shape index (κ2) is 8.97. The summed E-state index contributed by atoms with van der Waals surface area (Å²) in [6.07, 6.45) is 0. The van der Waals surface area contributed by atoms with Gasteiger partial charge >= 0.3 is 6.03 Å².